The van der Waals surface area contributed by atoms with E-state index in [-0.39, 0.29) is 11.5 Å². The van der Waals surface area contributed by atoms with Crippen molar-refractivity contribution in [1.29, 1.82) is 0 Å². The lowest BCUT2D eigenvalue weighted by molar-refractivity contribution is -0.118. The number of nitrogen functional groups attached to an aromatic ring is 1. The minimum Gasteiger partial charge on any atom is -0.398 e. The van der Waals surface area contributed by atoms with Gasteiger partial charge < -0.3 is 15.8 Å². The maximum atomic E-state index is 11.7. The summed E-state index contributed by atoms with van der Waals surface area (Å²) in [4.78, 5) is 11.7. The van der Waals surface area contributed by atoms with Gasteiger partial charge in [-0.2, -0.15) is 0 Å². The van der Waals surface area contributed by atoms with Gasteiger partial charge in [-0.3, -0.25) is 4.79 Å². The highest BCUT2D eigenvalue weighted by atomic mass is 16.5. The SMILES string of the molecule is Cc1c(N)cccc1NC(=O)CCOC(C)(C)C. The Kier molecular flexibility index (Phi) is 4.73. The molecule has 1 rings (SSSR count). The number of rotatable bonds is 4. The van der Waals surface area contributed by atoms with Gasteiger partial charge in [-0.25, -0.2) is 0 Å². The van der Waals surface area contributed by atoms with E-state index in [1.54, 1.807) is 0 Å². The fourth-order valence-corrected chi connectivity index (χ4v) is 1.45. The molecular formula is C14H22N2O2. The van der Waals surface area contributed by atoms with Crippen molar-refractivity contribution in [3.63, 3.8) is 0 Å². The zero-order valence-corrected chi connectivity index (χ0v) is 11.5. The summed E-state index contributed by atoms with van der Waals surface area (Å²) < 4.78 is 5.51. The molecule has 0 aliphatic heterocycles. The lowest BCUT2D eigenvalue weighted by Gasteiger charge is -2.19. The molecule has 0 atom stereocenters. The highest BCUT2D eigenvalue weighted by Gasteiger charge is 2.11. The third-order valence-electron chi connectivity index (χ3n) is 2.51. The number of hydrogen-bond donors (Lipinski definition) is 2. The molecule has 0 aromatic heterocycles. The first-order chi connectivity index (χ1) is 8.29. The van der Waals surface area contributed by atoms with Gasteiger partial charge in [0.05, 0.1) is 18.6 Å². The first-order valence-electron chi connectivity index (χ1n) is 6.08. The number of amides is 1. The number of nitrogens with one attached hydrogen (secondary N) is 1. The zero-order chi connectivity index (χ0) is 13.8. The second-order valence-electron chi connectivity index (χ2n) is 5.28. The van der Waals surface area contributed by atoms with Crippen molar-refractivity contribution in [3.05, 3.63) is 23.8 Å². The van der Waals surface area contributed by atoms with Crippen LogP contribution in [0.3, 0.4) is 0 Å². The number of ether oxygens (including phenoxy) is 1. The third kappa shape index (κ3) is 4.75. The van der Waals surface area contributed by atoms with Crippen molar-refractivity contribution in [3.8, 4) is 0 Å². The van der Waals surface area contributed by atoms with E-state index in [2.05, 4.69) is 5.32 Å². The molecule has 100 valence electrons. The predicted octanol–water partition coefficient (Wildman–Crippen LogP) is 2.72. The molecule has 0 saturated carbocycles. The molecule has 0 radical (unpaired) electrons. The quantitative estimate of drug-likeness (QED) is 0.807. The van der Waals surface area contributed by atoms with Gasteiger partial charge in [0.1, 0.15) is 0 Å². The van der Waals surface area contributed by atoms with Crippen LogP contribution >= 0.6 is 0 Å². The lowest BCUT2D eigenvalue weighted by Crippen LogP contribution is -2.23. The Morgan fingerprint density at radius 2 is 2.06 bits per heavy atom. The highest BCUT2D eigenvalue weighted by Crippen LogP contribution is 2.20. The van der Waals surface area contributed by atoms with Gasteiger partial charge in [-0.15, -0.1) is 0 Å². The molecule has 1 aromatic rings. The van der Waals surface area contributed by atoms with E-state index in [0.29, 0.717) is 18.7 Å². The molecule has 0 heterocycles. The van der Waals surface area contributed by atoms with Crippen molar-refractivity contribution in [2.45, 2.75) is 39.7 Å². The van der Waals surface area contributed by atoms with Crippen LogP contribution in [0, 0.1) is 6.92 Å². The number of nitrogens with two attached hydrogens (primary N) is 1. The van der Waals surface area contributed by atoms with Crippen molar-refractivity contribution < 1.29 is 9.53 Å². The van der Waals surface area contributed by atoms with E-state index < -0.39 is 0 Å². The van der Waals surface area contributed by atoms with E-state index >= 15 is 0 Å². The molecule has 4 nitrogen and oxygen atoms in total. The van der Waals surface area contributed by atoms with Crippen LogP contribution < -0.4 is 11.1 Å². The van der Waals surface area contributed by atoms with Crippen molar-refractivity contribution in [1.82, 2.24) is 0 Å². The Balaban J connectivity index is 2.48. The second-order valence-corrected chi connectivity index (χ2v) is 5.28. The molecule has 0 saturated heterocycles. The van der Waals surface area contributed by atoms with Gasteiger partial charge in [-0.05, 0) is 45.4 Å². The molecule has 0 aliphatic carbocycles. The molecule has 0 bridgehead atoms. The van der Waals surface area contributed by atoms with Crippen LogP contribution in [-0.2, 0) is 9.53 Å². The van der Waals surface area contributed by atoms with Crippen molar-refractivity contribution in [2.75, 3.05) is 17.7 Å². The summed E-state index contributed by atoms with van der Waals surface area (Å²) in [5.74, 6) is -0.0621. The van der Waals surface area contributed by atoms with Gasteiger partial charge in [0.25, 0.3) is 0 Å². The summed E-state index contributed by atoms with van der Waals surface area (Å²) in [5.41, 5.74) is 7.89. The molecule has 0 unspecified atom stereocenters. The number of hydrogen-bond acceptors (Lipinski definition) is 3. The highest BCUT2D eigenvalue weighted by molar-refractivity contribution is 5.92. The fraction of sp³-hybridized carbons (Fsp3) is 0.500. The summed E-state index contributed by atoms with van der Waals surface area (Å²) in [6.45, 7) is 8.19. The minimum atomic E-state index is -0.215. The van der Waals surface area contributed by atoms with Gasteiger partial charge in [0.2, 0.25) is 5.91 Å². The van der Waals surface area contributed by atoms with Gasteiger partial charge in [-0.1, -0.05) is 6.07 Å². The van der Waals surface area contributed by atoms with E-state index in [1.165, 1.54) is 0 Å². The van der Waals surface area contributed by atoms with Crippen LogP contribution in [0.2, 0.25) is 0 Å². The minimum absolute atomic E-state index is 0.0621. The topological polar surface area (TPSA) is 64.3 Å². The maximum absolute atomic E-state index is 11.7. The number of anilines is 2. The third-order valence-corrected chi connectivity index (χ3v) is 2.51. The summed E-state index contributed by atoms with van der Waals surface area (Å²) in [7, 11) is 0. The Morgan fingerprint density at radius 1 is 1.39 bits per heavy atom. The lowest BCUT2D eigenvalue weighted by atomic mass is 10.1. The predicted molar refractivity (Wildman–Crippen MR) is 74.5 cm³/mol. The molecule has 0 aliphatic rings. The summed E-state index contributed by atoms with van der Waals surface area (Å²) in [6.07, 6.45) is 0.339. The molecule has 18 heavy (non-hydrogen) atoms. The second kappa shape index (κ2) is 5.87. The molecule has 0 fully saturated rings. The molecule has 1 amide bonds. The molecule has 1 aromatic carbocycles. The van der Waals surface area contributed by atoms with Crippen LogP contribution in [-0.4, -0.2) is 18.1 Å². The largest absolute Gasteiger partial charge is 0.398 e. The Hall–Kier alpha value is -1.55. The van der Waals surface area contributed by atoms with E-state index in [4.69, 9.17) is 10.5 Å². The van der Waals surface area contributed by atoms with Crippen LogP contribution in [0.15, 0.2) is 18.2 Å². The summed E-state index contributed by atoms with van der Waals surface area (Å²) in [6, 6.07) is 5.48. The standard InChI is InChI=1S/C14H22N2O2/c1-10-11(15)6-5-7-12(10)16-13(17)8-9-18-14(2,3)4/h5-7H,8-9,15H2,1-4H3,(H,16,17). The number of carbonyl (C=O) groups is 1. The van der Waals surface area contributed by atoms with Crippen LogP contribution in [0.4, 0.5) is 11.4 Å². The summed E-state index contributed by atoms with van der Waals surface area (Å²) >= 11 is 0. The van der Waals surface area contributed by atoms with E-state index in [1.807, 2.05) is 45.9 Å². The van der Waals surface area contributed by atoms with E-state index in [0.717, 1.165) is 11.3 Å². The van der Waals surface area contributed by atoms with E-state index in [9.17, 15) is 4.79 Å². The first-order valence-corrected chi connectivity index (χ1v) is 6.08. The fourth-order valence-electron chi connectivity index (χ4n) is 1.45. The molecular weight excluding hydrogens is 228 g/mol. The molecule has 4 heteroatoms. The Labute approximate surface area is 109 Å². The van der Waals surface area contributed by atoms with Gasteiger partial charge >= 0.3 is 0 Å². The average Bonchev–Trinajstić information content (AvgIpc) is 2.23. The molecule has 0 spiro atoms. The Bertz CT molecular complexity index is 422. The smallest absolute Gasteiger partial charge is 0.226 e. The van der Waals surface area contributed by atoms with Gasteiger partial charge in [0, 0.05) is 11.4 Å². The van der Waals surface area contributed by atoms with Crippen LogP contribution in [0.5, 0.6) is 0 Å². The van der Waals surface area contributed by atoms with Crippen LogP contribution in [0.1, 0.15) is 32.8 Å². The van der Waals surface area contributed by atoms with Crippen molar-refractivity contribution in [2.24, 2.45) is 0 Å². The van der Waals surface area contributed by atoms with Gasteiger partial charge in [0.15, 0.2) is 0 Å². The summed E-state index contributed by atoms with van der Waals surface area (Å²) in [5, 5.41) is 2.84. The Morgan fingerprint density at radius 3 is 2.67 bits per heavy atom. The normalized spacial score (nSPS) is 11.3. The van der Waals surface area contributed by atoms with Crippen molar-refractivity contribution >= 4 is 17.3 Å². The monoisotopic (exact) mass is 250 g/mol. The number of carbonyl (C=O) groups excluding carboxylic acids is 1. The molecule has 3 N–H and O–H groups in total. The van der Waals surface area contributed by atoms with Crippen LogP contribution in [0.25, 0.3) is 0 Å². The maximum Gasteiger partial charge on any atom is 0.226 e. The number of benzene rings is 1. The average molecular weight is 250 g/mol. The first kappa shape index (κ1) is 14.5. The zero-order valence-electron chi connectivity index (χ0n) is 11.5.